The Morgan fingerprint density at radius 2 is 2.04 bits per heavy atom. The van der Waals surface area contributed by atoms with Crippen LogP contribution in [-0.2, 0) is 10.4 Å². The predicted molar refractivity (Wildman–Crippen MR) is 85.7 cm³/mol. The van der Waals surface area contributed by atoms with E-state index in [9.17, 15) is 24.8 Å². The summed E-state index contributed by atoms with van der Waals surface area (Å²) in [5, 5.41) is 24.1. The largest absolute Gasteiger partial charge is 0.375 e. The van der Waals surface area contributed by atoms with Crippen LogP contribution < -0.4 is 5.32 Å². The number of hydrogen-bond donors (Lipinski definition) is 2. The Balaban J connectivity index is 1.95. The smallest absolute Gasteiger partial charge is 0.270 e. The van der Waals surface area contributed by atoms with Gasteiger partial charge in [-0.3, -0.25) is 19.7 Å². The minimum atomic E-state index is -1.98. The average Bonchev–Trinajstić information content (AvgIpc) is 2.79. The number of fused-ring (bicyclic) bond motifs is 1. The molecule has 0 aliphatic carbocycles. The van der Waals surface area contributed by atoms with Gasteiger partial charge in [0, 0.05) is 28.9 Å². The van der Waals surface area contributed by atoms with Crippen LogP contribution in [0.3, 0.4) is 0 Å². The number of anilines is 1. The SMILES string of the molecule is Cc1ccc2c(c1)C(O)(CC(=O)c1cccc([N+](=O)[O-])c1)C(=O)N2. The molecule has 0 fully saturated rings. The van der Waals surface area contributed by atoms with Crippen molar-refractivity contribution in [2.75, 3.05) is 5.32 Å². The fraction of sp³-hybridized carbons (Fsp3) is 0.176. The highest BCUT2D eigenvalue weighted by molar-refractivity contribution is 6.09. The second-order valence-corrected chi connectivity index (χ2v) is 5.77. The van der Waals surface area contributed by atoms with Crippen molar-refractivity contribution in [3.63, 3.8) is 0 Å². The Bertz CT molecular complexity index is 877. The second kappa shape index (κ2) is 5.54. The molecule has 24 heavy (non-hydrogen) atoms. The van der Waals surface area contributed by atoms with Crippen LogP contribution >= 0.6 is 0 Å². The van der Waals surface area contributed by atoms with Gasteiger partial charge in [0.1, 0.15) is 0 Å². The van der Waals surface area contributed by atoms with Gasteiger partial charge in [0.05, 0.1) is 11.3 Å². The van der Waals surface area contributed by atoms with Gasteiger partial charge in [0.2, 0.25) is 0 Å². The molecule has 0 spiro atoms. The fourth-order valence-corrected chi connectivity index (χ4v) is 2.76. The Labute approximate surface area is 137 Å². The molecule has 122 valence electrons. The molecule has 0 saturated carbocycles. The topological polar surface area (TPSA) is 110 Å². The van der Waals surface area contributed by atoms with Crippen LogP contribution in [0.15, 0.2) is 42.5 Å². The number of nitro groups is 1. The van der Waals surface area contributed by atoms with E-state index in [0.717, 1.165) is 11.6 Å². The summed E-state index contributed by atoms with van der Waals surface area (Å²) in [4.78, 5) is 34.9. The first kappa shape index (κ1) is 15.8. The minimum absolute atomic E-state index is 0.0755. The summed E-state index contributed by atoms with van der Waals surface area (Å²) in [7, 11) is 0. The zero-order chi connectivity index (χ0) is 17.5. The predicted octanol–water partition coefficient (Wildman–Crippen LogP) is 2.32. The van der Waals surface area contributed by atoms with Crippen molar-refractivity contribution in [3.8, 4) is 0 Å². The zero-order valence-electron chi connectivity index (χ0n) is 12.8. The Morgan fingerprint density at radius 3 is 2.75 bits per heavy atom. The summed E-state index contributed by atoms with van der Waals surface area (Å²) in [6.45, 7) is 1.81. The number of aliphatic hydroxyl groups is 1. The van der Waals surface area contributed by atoms with Gasteiger partial charge in [-0.2, -0.15) is 0 Å². The van der Waals surface area contributed by atoms with Crippen molar-refractivity contribution in [2.45, 2.75) is 18.9 Å². The lowest BCUT2D eigenvalue weighted by Gasteiger charge is -2.20. The van der Waals surface area contributed by atoms with Crippen molar-refractivity contribution in [1.29, 1.82) is 0 Å². The van der Waals surface area contributed by atoms with Gasteiger partial charge < -0.3 is 10.4 Å². The Kier molecular flexibility index (Phi) is 3.65. The van der Waals surface area contributed by atoms with Gasteiger partial charge in [-0.15, -0.1) is 0 Å². The van der Waals surface area contributed by atoms with E-state index in [4.69, 9.17) is 0 Å². The van der Waals surface area contributed by atoms with Crippen LogP contribution in [0.4, 0.5) is 11.4 Å². The number of amides is 1. The summed E-state index contributed by atoms with van der Waals surface area (Å²) in [6, 6.07) is 10.3. The Morgan fingerprint density at radius 1 is 1.29 bits per heavy atom. The molecule has 0 aromatic heterocycles. The third kappa shape index (κ3) is 2.55. The first-order valence-corrected chi connectivity index (χ1v) is 7.24. The molecule has 1 heterocycles. The third-order valence-electron chi connectivity index (χ3n) is 4.04. The number of rotatable bonds is 4. The molecule has 0 saturated heterocycles. The highest BCUT2D eigenvalue weighted by Crippen LogP contribution is 2.39. The fourth-order valence-electron chi connectivity index (χ4n) is 2.76. The lowest BCUT2D eigenvalue weighted by molar-refractivity contribution is -0.384. The molecule has 3 rings (SSSR count). The molecule has 7 heteroatoms. The van der Waals surface area contributed by atoms with Crippen LogP contribution in [0.2, 0.25) is 0 Å². The number of ketones is 1. The van der Waals surface area contributed by atoms with E-state index in [0.29, 0.717) is 11.3 Å². The number of aryl methyl sites for hydroxylation is 1. The van der Waals surface area contributed by atoms with E-state index in [2.05, 4.69) is 5.32 Å². The monoisotopic (exact) mass is 326 g/mol. The number of non-ortho nitro benzene ring substituents is 1. The van der Waals surface area contributed by atoms with E-state index in [1.807, 2.05) is 6.92 Å². The van der Waals surface area contributed by atoms with Crippen LogP contribution in [0.25, 0.3) is 0 Å². The average molecular weight is 326 g/mol. The summed E-state index contributed by atoms with van der Waals surface area (Å²) in [6.07, 6.45) is -0.490. The molecule has 1 aliphatic heterocycles. The maximum Gasteiger partial charge on any atom is 0.270 e. The number of nitrogens with one attached hydrogen (secondary N) is 1. The van der Waals surface area contributed by atoms with Crippen molar-refractivity contribution in [1.82, 2.24) is 0 Å². The van der Waals surface area contributed by atoms with E-state index in [1.54, 1.807) is 18.2 Å². The van der Waals surface area contributed by atoms with Crippen molar-refractivity contribution in [2.24, 2.45) is 0 Å². The number of carbonyl (C=O) groups is 2. The molecule has 2 aromatic rings. The minimum Gasteiger partial charge on any atom is -0.375 e. The molecule has 1 atom stereocenters. The highest BCUT2D eigenvalue weighted by atomic mass is 16.6. The Hall–Kier alpha value is -3.06. The number of Topliss-reactive ketones (excluding diaryl/α,β-unsaturated/α-hetero) is 1. The maximum absolute atomic E-state index is 12.5. The van der Waals surface area contributed by atoms with Gasteiger partial charge in [-0.1, -0.05) is 29.8 Å². The molecule has 0 bridgehead atoms. The molecule has 1 aliphatic rings. The molecule has 7 nitrogen and oxygen atoms in total. The van der Waals surface area contributed by atoms with Gasteiger partial charge in [-0.05, 0) is 13.0 Å². The first-order chi connectivity index (χ1) is 11.3. The molecule has 1 amide bonds. The van der Waals surface area contributed by atoms with Crippen molar-refractivity contribution < 1.29 is 19.6 Å². The van der Waals surface area contributed by atoms with Crippen LogP contribution in [0.1, 0.15) is 27.9 Å². The lowest BCUT2D eigenvalue weighted by Crippen LogP contribution is -2.36. The molecule has 1 unspecified atom stereocenters. The van der Waals surface area contributed by atoms with Crippen molar-refractivity contribution >= 4 is 23.1 Å². The number of hydrogen-bond acceptors (Lipinski definition) is 5. The second-order valence-electron chi connectivity index (χ2n) is 5.77. The van der Waals surface area contributed by atoms with Crippen LogP contribution in [0, 0.1) is 17.0 Å². The molecular formula is C17H14N2O5. The van der Waals surface area contributed by atoms with Crippen LogP contribution in [0.5, 0.6) is 0 Å². The lowest BCUT2D eigenvalue weighted by atomic mass is 9.87. The summed E-state index contributed by atoms with van der Waals surface area (Å²) in [5.41, 5.74) is -0.493. The van der Waals surface area contributed by atoms with E-state index >= 15 is 0 Å². The standard InChI is InChI=1S/C17H14N2O5/c1-10-5-6-14-13(7-10)17(22,16(21)18-14)9-15(20)11-3-2-4-12(8-11)19(23)24/h2-8,22H,9H2,1H3,(H,18,21). The molecule has 2 aromatic carbocycles. The van der Waals surface area contributed by atoms with Crippen LogP contribution in [-0.4, -0.2) is 21.7 Å². The highest BCUT2D eigenvalue weighted by Gasteiger charge is 2.46. The van der Waals surface area contributed by atoms with Gasteiger partial charge in [-0.25, -0.2) is 0 Å². The van der Waals surface area contributed by atoms with Gasteiger partial charge in [0.25, 0.3) is 11.6 Å². The number of benzene rings is 2. The van der Waals surface area contributed by atoms with E-state index in [-0.39, 0.29) is 11.3 Å². The zero-order valence-corrected chi connectivity index (χ0v) is 12.8. The molecule has 2 N–H and O–H groups in total. The van der Waals surface area contributed by atoms with E-state index < -0.39 is 28.6 Å². The van der Waals surface area contributed by atoms with Crippen molar-refractivity contribution in [3.05, 3.63) is 69.3 Å². The first-order valence-electron chi connectivity index (χ1n) is 7.24. The maximum atomic E-state index is 12.5. The molecular weight excluding hydrogens is 312 g/mol. The number of nitrogens with zero attached hydrogens (tertiary/aromatic N) is 1. The third-order valence-corrected chi connectivity index (χ3v) is 4.04. The number of carbonyl (C=O) groups excluding carboxylic acids is 2. The van der Waals surface area contributed by atoms with Gasteiger partial charge in [0.15, 0.2) is 11.4 Å². The van der Waals surface area contributed by atoms with Gasteiger partial charge >= 0.3 is 0 Å². The normalized spacial score (nSPS) is 18.8. The van der Waals surface area contributed by atoms with E-state index in [1.165, 1.54) is 18.2 Å². The number of nitro benzene ring substituents is 1. The summed E-state index contributed by atoms with van der Waals surface area (Å²) < 4.78 is 0. The quantitative estimate of drug-likeness (QED) is 0.509. The summed E-state index contributed by atoms with van der Waals surface area (Å²) >= 11 is 0. The summed E-state index contributed by atoms with van der Waals surface area (Å²) in [5.74, 6) is -1.23. The molecule has 0 radical (unpaired) electrons.